The molecule has 1 amide bonds. The minimum atomic E-state index is -0.369. The molecule has 26 heavy (non-hydrogen) atoms. The molecule has 0 spiro atoms. The molecule has 0 aliphatic heterocycles. The molecule has 0 bridgehead atoms. The molecule has 0 heterocycles. The maximum absolute atomic E-state index is 13.0. The lowest BCUT2D eigenvalue weighted by Crippen LogP contribution is -2.43. The molecule has 142 valence electrons. The first-order chi connectivity index (χ1) is 12.5. The number of rotatable bonds is 6. The lowest BCUT2D eigenvalue weighted by Gasteiger charge is -2.32. The van der Waals surface area contributed by atoms with Gasteiger partial charge in [-0.15, -0.1) is 0 Å². The highest BCUT2D eigenvalue weighted by Crippen LogP contribution is 2.23. The second kappa shape index (κ2) is 10.1. The van der Waals surface area contributed by atoms with Crippen molar-refractivity contribution >= 4 is 18.0 Å². The predicted molar refractivity (Wildman–Crippen MR) is 99.8 cm³/mol. The van der Waals surface area contributed by atoms with Crippen molar-refractivity contribution in [3.8, 4) is 0 Å². The summed E-state index contributed by atoms with van der Waals surface area (Å²) in [6.45, 7) is 2.14. The Kier molecular flexibility index (Phi) is 7.82. The summed E-state index contributed by atoms with van der Waals surface area (Å²) < 4.78 is 17.8. The minimum absolute atomic E-state index is 0.114. The number of hydrogen-bond acceptors (Lipinski definition) is 3. The monoisotopic (exact) mass is 361 g/mol. The van der Waals surface area contributed by atoms with Crippen LogP contribution in [0.25, 0.3) is 6.08 Å². The Morgan fingerprint density at radius 3 is 2.38 bits per heavy atom. The van der Waals surface area contributed by atoms with Crippen LogP contribution in [0.5, 0.6) is 0 Å². The number of carbonyl (C=O) groups excluding carboxylic acids is 2. The van der Waals surface area contributed by atoms with Gasteiger partial charge in [0.2, 0.25) is 5.91 Å². The number of benzene rings is 1. The molecule has 4 nitrogen and oxygen atoms in total. The van der Waals surface area contributed by atoms with Crippen LogP contribution in [-0.2, 0) is 14.3 Å². The normalized spacial score (nSPS) is 16.9. The quantitative estimate of drug-likeness (QED) is 0.433. The molecule has 1 aliphatic rings. The summed E-state index contributed by atoms with van der Waals surface area (Å²) >= 11 is 0. The van der Waals surface area contributed by atoms with Gasteiger partial charge in [0.05, 0.1) is 13.0 Å². The van der Waals surface area contributed by atoms with Crippen LogP contribution in [0.1, 0.15) is 51.0 Å². The third-order valence-corrected chi connectivity index (χ3v) is 4.91. The van der Waals surface area contributed by atoms with E-state index >= 15 is 0 Å². The van der Waals surface area contributed by atoms with E-state index in [2.05, 4.69) is 0 Å². The van der Waals surface area contributed by atoms with Crippen molar-refractivity contribution in [3.05, 3.63) is 41.7 Å². The van der Waals surface area contributed by atoms with Crippen molar-refractivity contribution in [1.82, 2.24) is 4.90 Å². The molecule has 1 aromatic carbocycles. The summed E-state index contributed by atoms with van der Waals surface area (Å²) in [5, 5.41) is 0. The van der Waals surface area contributed by atoms with Crippen LogP contribution in [0.3, 0.4) is 0 Å². The largest absolute Gasteiger partial charge is 0.469 e. The van der Waals surface area contributed by atoms with Crippen LogP contribution >= 0.6 is 0 Å². The molecule has 2 rings (SSSR count). The van der Waals surface area contributed by atoms with E-state index in [1.165, 1.54) is 38.2 Å². The number of amides is 1. The highest BCUT2D eigenvalue weighted by atomic mass is 19.1. The maximum Gasteiger partial charge on any atom is 0.310 e. The van der Waals surface area contributed by atoms with Gasteiger partial charge in [-0.3, -0.25) is 9.59 Å². The predicted octanol–water partition coefficient (Wildman–Crippen LogP) is 4.20. The van der Waals surface area contributed by atoms with Crippen molar-refractivity contribution in [2.24, 2.45) is 5.92 Å². The van der Waals surface area contributed by atoms with Gasteiger partial charge < -0.3 is 9.64 Å². The molecule has 0 radical (unpaired) electrons. The van der Waals surface area contributed by atoms with E-state index in [4.69, 9.17) is 4.74 Å². The Bertz CT molecular complexity index is 619. The van der Waals surface area contributed by atoms with Crippen LogP contribution in [-0.4, -0.2) is 36.5 Å². The Morgan fingerprint density at radius 2 is 1.81 bits per heavy atom. The Hall–Kier alpha value is -2.17. The van der Waals surface area contributed by atoms with Gasteiger partial charge in [-0.1, -0.05) is 44.7 Å². The van der Waals surface area contributed by atoms with Crippen LogP contribution in [0.15, 0.2) is 30.3 Å². The van der Waals surface area contributed by atoms with Crippen LogP contribution in [0, 0.1) is 11.7 Å². The molecule has 1 unspecified atom stereocenters. The third kappa shape index (κ3) is 5.97. The molecule has 1 aromatic rings. The topological polar surface area (TPSA) is 46.6 Å². The summed E-state index contributed by atoms with van der Waals surface area (Å²) in [6.07, 6.45) is 9.71. The number of esters is 1. The smallest absolute Gasteiger partial charge is 0.310 e. The number of nitrogens with zero attached hydrogens (tertiary/aromatic N) is 1. The van der Waals surface area contributed by atoms with E-state index in [1.54, 1.807) is 25.1 Å². The zero-order valence-corrected chi connectivity index (χ0v) is 15.6. The standard InChI is InChI=1S/C21H28FNO3/c1-16(21(25)26-2)15-23(19-7-5-3-4-6-8-19)20(24)14-11-17-9-12-18(22)13-10-17/h9-14,16,19H,3-8,15H2,1-2H3/b14-11+. The SMILES string of the molecule is COC(=O)C(C)CN(C(=O)/C=C/c1ccc(F)cc1)C1CCCCCC1. The molecular weight excluding hydrogens is 333 g/mol. The van der Waals surface area contributed by atoms with E-state index in [9.17, 15) is 14.0 Å². The van der Waals surface area contributed by atoms with Crippen molar-refractivity contribution in [1.29, 1.82) is 0 Å². The number of hydrogen-bond donors (Lipinski definition) is 0. The van der Waals surface area contributed by atoms with Crippen LogP contribution < -0.4 is 0 Å². The molecule has 0 N–H and O–H groups in total. The molecule has 1 fully saturated rings. The zero-order valence-electron chi connectivity index (χ0n) is 15.6. The second-order valence-corrected chi connectivity index (χ2v) is 6.95. The summed E-state index contributed by atoms with van der Waals surface area (Å²) in [7, 11) is 1.37. The molecule has 1 atom stereocenters. The van der Waals surface area contributed by atoms with Gasteiger partial charge in [-0.2, -0.15) is 0 Å². The van der Waals surface area contributed by atoms with Crippen LogP contribution in [0.4, 0.5) is 4.39 Å². The molecule has 1 saturated carbocycles. The average Bonchev–Trinajstić information content (AvgIpc) is 2.93. The van der Waals surface area contributed by atoms with Gasteiger partial charge in [0, 0.05) is 18.7 Å². The fraction of sp³-hybridized carbons (Fsp3) is 0.524. The summed E-state index contributed by atoms with van der Waals surface area (Å²) in [4.78, 5) is 26.5. The summed E-state index contributed by atoms with van der Waals surface area (Å²) in [6, 6.07) is 6.15. The molecular formula is C21H28FNO3. The summed E-state index contributed by atoms with van der Waals surface area (Å²) in [5.74, 6) is -1.09. The number of methoxy groups -OCH3 is 1. The van der Waals surface area contributed by atoms with Crippen molar-refractivity contribution in [2.45, 2.75) is 51.5 Å². The van der Waals surface area contributed by atoms with E-state index < -0.39 is 0 Å². The second-order valence-electron chi connectivity index (χ2n) is 6.95. The van der Waals surface area contributed by atoms with Crippen molar-refractivity contribution in [2.75, 3.05) is 13.7 Å². The minimum Gasteiger partial charge on any atom is -0.469 e. The molecule has 0 saturated heterocycles. The third-order valence-electron chi connectivity index (χ3n) is 4.91. The molecule has 1 aliphatic carbocycles. The Morgan fingerprint density at radius 1 is 1.19 bits per heavy atom. The van der Waals surface area contributed by atoms with Gasteiger partial charge >= 0.3 is 5.97 Å². The van der Waals surface area contributed by atoms with Crippen LogP contribution in [0.2, 0.25) is 0 Å². The van der Waals surface area contributed by atoms with Gasteiger partial charge in [-0.05, 0) is 36.6 Å². The van der Waals surface area contributed by atoms with E-state index in [0.29, 0.717) is 6.54 Å². The summed E-state index contributed by atoms with van der Waals surface area (Å²) in [5.41, 5.74) is 0.765. The average molecular weight is 361 g/mol. The lowest BCUT2D eigenvalue weighted by atomic mass is 10.0. The molecule has 0 aromatic heterocycles. The fourth-order valence-corrected chi connectivity index (χ4v) is 3.40. The first-order valence-electron chi connectivity index (χ1n) is 9.33. The zero-order chi connectivity index (χ0) is 18.9. The highest BCUT2D eigenvalue weighted by Gasteiger charge is 2.27. The lowest BCUT2D eigenvalue weighted by molar-refractivity contribution is -0.146. The van der Waals surface area contributed by atoms with Crippen molar-refractivity contribution in [3.63, 3.8) is 0 Å². The van der Waals surface area contributed by atoms with E-state index in [-0.39, 0.29) is 29.7 Å². The van der Waals surface area contributed by atoms with E-state index in [1.807, 2.05) is 4.90 Å². The highest BCUT2D eigenvalue weighted by molar-refractivity contribution is 5.92. The van der Waals surface area contributed by atoms with Gasteiger partial charge in [0.1, 0.15) is 5.82 Å². The van der Waals surface area contributed by atoms with E-state index in [0.717, 1.165) is 31.2 Å². The molecule has 5 heteroatoms. The van der Waals surface area contributed by atoms with Gasteiger partial charge in [0.15, 0.2) is 0 Å². The fourth-order valence-electron chi connectivity index (χ4n) is 3.40. The Labute approximate surface area is 155 Å². The first-order valence-corrected chi connectivity index (χ1v) is 9.33. The Balaban J connectivity index is 2.13. The number of ether oxygens (including phenoxy) is 1. The maximum atomic E-state index is 13.0. The van der Waals surface area contributed by atoms with Gasteiger partial charge in [-0.25, -0.2) is 4.39 Å². The number of carbonyl (C=O) groups is 2. The van der Waals surface area contributed by atoms with Crippen molar-refractivity contribution < 1.29 is 18.7 Å². The number of halogens is 1. The van der Waals surface area contributed by atoms with Gasteiger partial charge in [0.25, 0.3) is 0 Å². The first kappa shape index (κ1) is 20.1.